The summed E-state index contributed by atoms with van der Waals surface area (Å²) in [4.78, 5) is 13.1. The number of aromatic nitrogens is 2. The summed E-state index contributed by atoms with van der Waals surface area (Å²) < 4.78 is 47.4. The van der Waals surface area contributed by atoms with Gasteiger partial charge in [-0.3, -0.25) is 4.72 Å². The zero-order valence-electron chi connectivity index (χ0n) is 22.8. The molecule has 0 amide bonds. The molecule has 1 aromatic heterocycles. The zero-order chi connectivity index (χ0) is 28.7. The summed E-state index contributed by atoms with van der Waals surface area (Å²) in [7, 11) is -1.88. The molecule has 0 radical (unpaired) electrons. The molecule has 4 aromatic rings. The number of nitrogens with zero attached hydrogens (tertiary/aromatic N) is 4. The highest BCUT2D eigenvalue weighted by atomic mass is 32.2. The van der Waals surface area contributed by atoms with Gasteiger partial charge >= 0.3 is 0 Å². The highest BCUT2D eigenvalue weighted by Gasteiger charge is 2.18. The smallest absolute Gasteiger partial charge is 0.264 e. The Bertz CT molecular complexity index is 1540. The topological polar surface area (TPSA) is 99.7 Å². The lowest BCUT2D eigenvalue weighted by Crippen LogP contribution is -2.44. The summed E-state index contributed by atoms with van der Waals surface area (Å²) in [5, 5.41) is 3.20. The van der Waals surface area contributed by atoms with E-state index in [2.05, 4.69) is 36.9 Å². The summed E-state index contributed by atoms with van der Waals surface area (Å²) in [5.74, 6) is 0.598. The Balaban J connectivity index is 1.14. The molecule has 0 unspecified atom stereocenters. The number of sulfonamides is 1. The van der Waals surface area contributed by atoms with Crippen LogP contribution in [0, 0.1) is 5.82 Å². The van der Waals surface area contributed by atoms with Gasteiger partial charge in [0.15, 0.2) is 0 Å². The minimum atomic E-state index is -4.05. The largest absolute Gasteiger partial charge is 0.494 e. The van der Waals surface area contributed by atoms with Crippen molar-refractivity contribution >= 4 is 27.2 Å². The molecule has 3 aromatic carbocycles. The molecule has 2 heterocycles. The maximum Gasteiger partial charge on any atom is 0.264 e. The lowest BCUT2D eigenvalue weighted by molar-refractivity contribution is 0.145. The van der Waals surface area contributed by atoms with Crippen molar-refractivity contribution in [1.29, 1.82) is 0 Å². The van der Waals surface area contributed by atoms with Crippen molar-refractivity contribution in [2.75, 3.05) is 56.4 Å². The minimum Gasteiger partial charge on any atom is -0.494 e. The van der Waals surface area contributed by atoms with Crippen LogP contribution in [-0.2, 0) is 10.0 Å². The summed E-state index contributed by atoms with van der Waals surface area (Å²) in [6.07, 6.45) is 2.47. The second-order valence-corrected chi connectivity index (χ2v) is 11.5. The van der Waals surface area contributed by atoms with E-state index in [1.165, 1.54) is 24.5 Å². The maximum atomic E-state index is 14.0. The van der Waals surface area contributed by atoms with Gasteiger partial charge in [-0.15, -0.1) is 0 Å². The first kappa shape index (κ1) is 28.5. The van der Waals surface area contributed by atoms with Crippen molar-refractivity contribution in [1.82, 2.24) is 19.8 Å². The van der Waals surface area contributed by atoms with E-state index in [0.29, 0.717) is 23.8 Å². The Kier molecular flexibility index (Phi) is 9.07. The molecule has 2 N–H and O–H groups in total. The van der Waals surface area contributed by atoms with E-state index >= 15 is 0 Å². The molecular formula is C30H33FN6O3S. The van der Waals surface area contributed by atoms with Gasteiger partial charge in [0.2, 0.25) is 0 Å². The van der Waals surface area contributed by atoms with Crippen LogP contribution in [0.15, 0.2) is 90.1 Å². The fourth-order valence-electron chi connectivity index (χ4n) is 4.50. The van der Waals surface area contributed by atoms with Gasteiger partial charge in [0.25, 0.3) is 10.0 Å². The van der Waals surface area contributed by atoms with Gasteiger partial charge in [-0.2, -0.15) is 0 Å². The molecule has 0 aliphatic carbocycles. The van der Waals surface area contributed by atoms with Crippen LogP contribution in [0.5, 0.6) is 5.75 Å². The predicted octanol–water partition coefficient (Wildman–Crippen LogP) is 4.84. The van der Waals surface area contributed by atoms with E-state index < -0.39 is 20.7 Å². The zero-order valence-corrected chi connectivity index (χ0v) is 23.6. The Morgan fingerprint density at radius 2 is 1.61 bits per heavy atom. The Morgan fingerprint density at radius 3 is 2.34 bits per heavy atom. The molecule has 214 valence electrons. The van der Waals surface area contributed by atoms with Crippen LogP contribution in [0.3, 0.4) is 0 Å². The van der Waals surface area contributed by atoms with Crippen LogP contribution in [0.25, 0.3) is 11.3 Å². The molecule has 1 aliphatic heterocycles. The highest BCUT2D eigenvalue weighted by molar-refractivity contribution is 7.92. The molecule has 9 nitrogen and oxygen atoms in total. The van der Waals surface area contributed by atoms with E-state index in [0.717, 1.165) is 62.2 Å². The number of rotatable bonds is 11. The summed E-state index contributed by atoms with van der Waals surface area (Å²) in [6.45, 7) is 6.20. The lowest BCUT2D eigenvalue weighted by Gasteiger charge is -2.32. The molecular weight excluding hydrogens is 543 g/mol. The lowest BCUT2D eigenvalue weighted by atomic mass is 10.1. The summed E-state index contributed by atoms with van der Waals surface area (Å²) >= 11 is 0. The molecule has 1 saturated heterocycles. The first-order chi connectivity index (χ1) is 19.9. The average molecular weight is 577 g/mol. The molecule has 0 bridgehead atoms. The first-order valence-electron chi connectivity index (χ1n) is 13.5. The monoisotopic (exact) mass is 576 g/mol. The van der Waals surface area contributed by atoms with Gasteiger partial charge in [-0.05, 0) is 74.1 Å². The molecule has 1 fully saturated rings. The van der Waals surface area contributed by atoms with Crippen LogP contribution in [0.1, 0.15) is 6.42 Å². The minimum absolute atomic E-state index is 0.309. The molecule has 0 spiro atoms. The maximum absolute atomic E-state index is 14.0. The third-order valence-electron chi connectivity index (χ3n) is 6.84. The van der Waals surface area contributed by atoms with E-state index in [1.54, 1.807) is 24.3 Å². The van der Waals surface area contributed by atoms with Crippen LogP contribution in [0.4, 0.5) is 21.6 Å². The molecule has 0 atom stereocenters. The molecule has 1 aliphatic rings. The van der Waals surface area contributed by atoms with Crippen molar-refractivity contribution in [3.8, 4) is 17.0 Å². The second-order valence-electron chi connectivity index (χ2n) is 9.90. The third-order valence-corrected chi connectivity index (χ3v) is 8.25. The third kappa shape index (κ3) is 7.78. The quantitative estimate of drug-likeness (QED) is 0.245. The van der Waals surface area contributed by atoms with Crippen LogP contribution >= 0.6 is 0 Å². The van der Waals surface area contributed by atoms with Gasteiger partial charge in [0.1, 0.15) is 28.6 Å². The molecule has 5 rings (SSSR count). The predicted molar refractivity (Wildman–Crippen MR) is 158 cm³/mol. The SMILES string of the molecule is CN1CCN(CCCOc2ccc(-c3cc(Nc4ccc(NS(=O)(=O)c5ccccc5F)cc4)ncn3)cc2)CC1. The van der Waals surface area contributed by atoms with E-state index in [9.17, 15) is 12.8 Å². The molecule has 41 heavy (non-hydrogen) atoms. The number of anilines is 3. The van der Waals surface area contributed by atoms with Gasteiger partial charge in [-0.25, -0.2) is 22.8 Å². The van der Waals surface area contributed by atoms with E-state index in [4.69, 9.17) is 4.74 Å². The van der Waals surface area contributed by atoms with Gasteiger partial charge in [0, 0.05) is 55.7 Å². The number of hydrogen-bond donors (Lipinski definition) is 2. The standard InChI is InChI=1S/C30H33FN6O3S/c1-36-16-18-37(19-17-36)15-4-20-40-26-13-7-23(8-14-26)28-21-30(33-22-32-28)34-24-9-11-25(12-10-24)35-41(38,39)29-6-3-2-5-27(29)31/h2-3,5-14,21-22,35H,4,15-20H2,1H3,(H,32,33,34). The number of likely N-dealkylation sites (N-methyl/N-ethyl adjacent to an activating group) is 1. The Morgan fingerprint density at radius 1 is 0.902 bits per heavy atom. The first-order valence-corrected chi connectivity index (χ1v) is 14.9. The van der Waals surface area contributed by atoms with Gasteiger partial charge < -0.3 is 19.9 Å². The highest BCUT2D eigenvalue weighted by Crippen LogP contribution is 2.25. The van der Waals surface area contributed by atoms with Gasteiger partial charge in [0.05, 0.1) is 12.3 Å². The van der Waals surface area contributed by atoms with Crippen molar-refractivity contribution in [3.63, 3.8) is 0 Å². The second kappa shape index (κ2) is 13.1. The molecule has 0 saturated carbocycles. The van der Waals surface area contributed by atoms with Crippen LogP contribution in [0.2, 0.25) is 0 Å². The van der Waals surface area contributed by atoms with Gasteiger partial charge in [-0.1, -0.05) is 12.1 Å². The fourth-order valence-corrected chi connectivity index (χ4v) is 5.64. The summed E-state index contributed by atoms with van der Waals surface area (Å²) in [5.41, 5.74) is 2.68. The molecule has 11 heteroatoms. The average Bonchev–Trinajstić information content (AvgIpc) is 2.98. The van der Waals surface area contributed by atoms with Crippen molar-refractivity contribution < 1.29 is 17.5 Å². The number of piperazine rings is 1. The number of benzene rings is 3. The van der Waals surface area contributed by atoms with Crippen molar-refractivity contribution in [3.05, 3.63) is 91.0 Å². The van der Waals surface area contributed by atoms with E-state index in [1.807, 2.05) is 30.3 Å². The number of ether oxygens (including phenoxy) is 1. The van der Waals surface area contributed by atoms with Crippen molar-refractivity contribution in [2.45, 2.75) is 11.3 Å². The van der Waals surface area contributed by atoms with E-state index in [-0.39, 0.29) is 0 Å². The van der Waals surface area contributed by atoms with Crippen LogP contribution in [-0.4, -0.2) is 74.6 Å². The number of nitrogens with one attached hydrogen (secondary N) is 2. The fraction of sp³-hybridized carbons (Fsp3) is 0.267. The van der Waals surface area contributed by atoms with Crippen molar-refractivity contribution in [2.24, 2.45) is 0 Å². The Hall–Kier alpha value is -4.06. The van der Waals surface area contributed by atoms with Crippen LogP contribution < -0.4 is 14.8 Å². The normalized spacial score (nSPS) is 14.5. The number of halogens is 1. The Labute approximate surface area is 240 Å². The summed E-state index contributed by atoms with van der Waals surface area (Å²) in [6, 6.07) is 21.5. The number of hydrogen-bond acceptors (Lipinski definition) is 8.